The molecule has 2 N–H and O–H groups in total. The smallest absolute Gasteiger partial charge is 0.128 e. The maximum Gasteiger partial charge on any atom is 0.128 e. The normalized spacial score (nSPS) is 10.6. The van der Waals surface area contributed by atoms with Crippen LogP contribution in [0, 0.1) is 18.3 Å². The van der Waals surface area contributed by atoms with Gasteiger partial charge in [0.2, 0.25) is 0 Å². The first kappa shape index (κ1) is 13.4. The van der Waals surface area contributed by atoms with Gasteiger partial charge in [-0.1, -0.05) is 24.9 Å². The summed E-state index contributed by atoms with van der Waals surface area (Å²) in [5, 5.41) is 11.9. The molecule has 18 heavy (non-hydrogen) atoms. The van der Waals surface area contributed by atoms with Crippen molar-refractivity contribution < 1.29 is 0 Å². The molecule has 2 nitrogen and oxygen atoms in total. The number of hydrogen-bond acceptors (Lipinski definition) is 4. The number of halogens is 1. The lowest BCUT2D eigenvalue weighted by Gasteiger charge is -2.02. The summed E-state index contributed by atoms with van der Waals surface area (Å²) >= 11 is 9.38. The molecule has 2 rings (SSSR count). The third-order valence-corrected chi connectivity index (χ3v) is 5.77. The van der Waals surface area contributed by atoms with Gasteiger partial charge in [0, 0.05) is 0 Å². The standard InChI is InChI=1S/C13H13ClN2S2/c1-3-4-8-11(16)9(5-15)18-12(8)13-10(14)7(2)6-17-13/h6H,3-4,16H2,1-2H3. The number of thiophene rings is 2. The lowest BCUT2D eigenvalue weighted by atomic mass is 10.1. The molecule has 2 aromatic heterocycles. The van der Waals surface area contributed by atoms with Crippen LogP contribution in [-0.2, 0) is 6.42 Å². The molecular formula is C13H13ClN2S2. The van der Waals surface area contributed by atoms with Crippen molar-refractivity contribution in [1.82, 2.24) is 0 Å². The number of nitrogens with two attached hydrogens (primary N) is 1. The molecule has 0 fully saturated rings. The second-order valence-electron chi connectivity index (χ2n) is 4.08. The van der Waals surface area contributed by atoms with Crippen molar-refractivity contribution >= 4 is 40.0 Å². The van der Waals surface area contributed by atoms with Crippen molar-refractivity contribution in [3.63, 3.8) is 0 Å². The van der Waals surface area contributed by atoms with Crippen LogP contribution in [0.4, 0.5) is 5.69 Å². The molecule has 2 heterocycles. The lowest BCUT2D eigenvalue weighted by molar-refractivity contribution is 0.930. The van der Waals surface area contributed by atoms with Crippen molar-refractivity contribution in [3.05, 3.63) is 26.4 Å². The van der Waals surface area contributed by atoms with Crippen LogP contribution < -0.4 is 5.73 Å². The molecule has 0 unspecified atom stereocenters. The Labute approximate surface area is 120 Å². The molecule has 0 amide bonds. The van der Waals surface area contributed by atoms with E-state index in [4.69, 9.17) is 22.6 Å². The molecule has 94 valence electrons. The molecule has 0 aliphatic carbocycles. The molecule has 0 spiro atoms. The summed E-state index contributed by atoms with van der Waals surface area (Å²) in [7, 11) is 0. The van der Waals surface area contributed by atoms with Crippen LogP contribution in [0.1, 0.15) is 29.3 Å². The minimum Gasteiger partial charge on any atom is -0.397 e. The fraction of sp³-hybridized carbons (Fsp3) is 0.308. The first-order chi connectivity index (χ1) is 8.60. The summed E-state index contributed by atoms with van der Waals surface area (Å²) < 4.78 is 0. The Morgan fingerprint density at radius 3 is 2.67 bits per heavy atom. The third kappa shape index (κ3) is 2.14. The second-order valence-corrected chi connectivity index (χ2v) is 6.35. The minimum absolute atomic E-state index is 0.593. The van der Waals surface area contributed by atoms with Gasteiger partial charge >= 0.3 is 0 Å². The highest BCUT2D eigenvalue weighted by Gasteiger charge is 2.20. The Bertz CT molecular complexity index is 620. The number of hydrogen-bond donors (Lipinski definition) is 1. The zero-order chi connectivity index (χ0) is 13.3. The lowest BCUT2D eigenvalue weighted by Crippen LogP contribution is -1.92. The summed E-state index contributed by atoms with van der Waals surface area (Å²) in [6.07, 6.45) is 1.88. The maximum absolute atomic E-state index is 9.10. The number of rotatable bonds is 3. The first-order valence-corrected chi connectivity index (χ1v) is 7.72. The van der Waals surface area contributed by atoms with Gasteiger partial charge < -0.3 is 5.73 Å². The van der Waals surface area contributed by atoms with Gasteiger partial charge in [-0.05, 0) is 29.9 Å². The van der Waals surface area contributed by atoms with Crippen molar-refractivity contribution in [2.45, 2.75) is 26.7 Å². The van der Waals surface area contributed by atoms with Crippen LogP contribution in [0.2, 0.25) is 5.02 Å². The molecule has 2 aromatic rings. The van der Waals surface area contributed by atoms with E-state index >= 15 is 0 Å². The Kier molecular flexibility index (Phi) is 3.96. The zero-order valence-electron chi connectivity index (χ0n) is 10.2. The maximum atomic E-state index is 9.10. The SMILES string of the molecule is CCCc1c(-c2scc(C)c2Cl)sc(C#N)c1N. The summed E-state index contributed by atoms with van der Waals surface area (Å²) in [5.74, 6) is 0. The molecule has 0 radical (unpaired) electrons. The van der Waals surface area contributed by atoms with Gasteiger partial charge in [0.05, 0.1) is 20.5 Å². The molecule has 0 aliphatic rings. The van der Waals surface area contributed by atoms with E-state index in [9.17, 15) is 0 Å². The van der Waals surface area contributed by atoms with Crippen LogP contribution in [0.5, 0.6) is 0 Å². The van der Waals surface area contributed by atoms with E-state index in [-0.39, 0.29) is 0 Å². The van der Waals surface area contributed by atoms with Crippen molar-refractivity contribution in [1.29, 1.82) is 5.26 Å². The van der Waals surface area contributed by atoms with Gasteiger partial charge in [-0.15, -0.1) is 22.7 Å². The van der Waals surface area contributed by atoms with Gasteiger partial charge in [-0.25, -0.2) is 0 Å². The van der Waals surface area contributed by atoms with Crippen molar-refractivity contribution in [2.24, 2.45) is 0 Å². The van der Waals surface area contributed by atoms with Crippen LogP contribution >= 0.6 is 34.3 Å². The van der Waals surface area contributed by atoms with E-state index in [1.807, 2.05) is 12.3 Å². The number of nitrogens with zero attached hydrogens (tertiary/aromatic N) is 1. The third-order valence-electron chi connectivity index (χ3n) is 2.75. The highest BCUT2D eigenvalue weighted by Crippen LogP contribution is 2.45. The quantitative estimate of drug-likeness (QED) is 0.880. The summed E-state index contributed by atoms with van der Waals surface area (Å²) in [4.78, 5) is 2.69. The van der Waals surface area contributed by atoms with Crippen molar-refractivity contribution in [2.75, 3.05) is 5.73 Å². The monoisotopic (exact) mass is 296 g/mol. The fourth-order valence-corrected chi connectivity index (χ4v) is 4.42. The molecule has 5 heteroatoms. The Balaban J connectivity index is 2.64. The molecule has 0 saturated heterocycles. The van der Waals surface area contributed by atoms with Crippen LogP contribution in [-0.4, -0.2) is 0 Å². The molecule has 0 aliphatic heterocycles. The highest BCUT2D eigenvalue weighted by atomic mass is 35.5. The Morgan fingerprint density at radius 2 is 2.17 bits per heavy atom. The predicted molar refractivity (Wildman–Crippen MR) is 80.5 cm³/mol. The number of anilines is 1. The number of nitrogen functional groups attached to an aromatic ring is 1. The summed E-state index contributed by atoms with van der Waals surface area (Å²) in [6, 6.07) is 2.17. The largest absolute Gasteiger partial charge is 0.397 e. The topological polar surface area (TPSA) is 49.8 Å². The van der Waals surface area contributed by atoms with E-state index in [1.165, 1.54) is 11.3 Å². The van der Waals surface area contributed by atoms with Crippen LogP contribution in [0.3, 0.4) is 0 Å². The van der Waals surface area contributed by atoms with E-state index < -0.39 is 0 Å². The Morgan fingerprint density at radius 1 is 1.44 bits per heavy atom. The van der Waals surface area contributed by atoms with Gasteiger partial charge in [0.1, 0.15) is 10.9 Å². The minimum atomic E-state index is 0.593. The summed E-state index contributed by atoms with van der Waals surface area (Å²) in [6.45, 7) is 4.10. The first-order valence-electron chi connectivity index (χ1n) is 5.65. The molecule has 0 aromatic carbocycles. The van der Waals surface area contributed by atoms with Crippen LogP contribution in [0.25, 0.3) is 9.75 Å². The Hall–Kier alpha value is -1.02. The number of aryl methyl sites for hydroxylation is 1. The molecule has 0 saturated carbocycles. The van der Waals surface area contributed by atoms with E-state index in [1.54, 1.807) is 11.3 Å². The predicted octanol–water partition coefficient (Wildman–Crippen LogP) is 4.84. The van der Waals surface area contributed by atoms with Gasteiger partial charge in [0.25, 0.3) is 0 Å². The molecular weight excluding hydrogens is 284 g/mol. The summed E-state index contributed by atoms with van der Waals surface area (Å²) in [5.41, 5.74) is 8.82. The van der Waals surface area contributed by atoms with Gasteiger partial charge in [0.15, 0.2) is 0 Å². The average Bonchev–Trinajstić information content (AvgIpc) is 2.84. The second kappa shape index (κ2) is 5.31. The van der Waals surface area contributed by atoms with E-state index in [0.717, 1.165) is 38.7 Å². The molecule has 0 atom stereocenters. The van der Waals surface area contributed by atoms with Gasteiger partial charge in [-0.2, -0.15) is 5.26 Å². The van der Waals surface area contributed by atoms with E-state index in [0.29, 0.717) is 10.6 Å². The number of nitriles is 1. The van der Waals surface area contributed by atoms with Gasteiger partial charge in [-0.3, -0.25) is 0 Å². The zero-order valence-corrected chi connectivity index (χ0v) is 12.6. The highest BCUT2D eigenvalue weighted by molar-refractivity contribution is 7.22. The van der Waals surface area contributed by atoms with Crippen molar-refractivity contribution in [3.8, 4) is 15.8 Å². The average molecular weight is 297 g/mol. The van der Waals surface area contributed by atoms with Crippen LogP contribution in [0.15, 0.2) is 5.38 Å². The molecule has 0 bridgehead atoms. The van der Waals surface area contributed by atoms with E-state index in [2.05, 4.69) is 13.0 Å². The fourth-order valence-electron chi connectivity index (χ4n) is 1.83.